The van der Waals surface area contributed by atoms with E-state index in [9.17, 15) is 14.9 Å². The molecule has 0 unspecified atom stereocenters. The van der Waals surface area contributed by atoms with E-state index in [1.165, 1.54) is 39.5 Å². The van der Waals surface area contributed by atoms with Gasteiger partial charge in [0.15, 0.2) is 0 Å². The highest BCUT2D eigenvalue weighted by Crippen LogP contribution is 2.35. The number of halogens is 1. The highest BCUT2D eigenvalue weighted by Gasteiger charge is 2.15. The van der Waals surface area contributed by atoms with E-state index in [2.05, 4.69) is 10.6 Å². The Morgan fingerprint density at radius 3 is 2.30 bits per heavy atom. The zero-order valence-electron chi connectivity index (χ0n) is 14.9. The number of amides is 1. The standard InChI is InChI=1S/C17H18ClN3O6/c1-25-14-5-4-10(21(23)24)6-13(14)20-17(22)9-19-12-8-15(26-2)11(18)7-16(12)27-3/h4-8,19H,9H2,1-3H3,(H,20,22). The van der Waals surface area contributed by atoms with Gasteiger partial charge < -0.3 is 24.8 Å². The molecule has 2 aromatic carbocycles. The summed E-state index contributed by atoms with van der Waals surface area (Å²) >= 11 is 6.04. The smallest absolute Gasteiger partial charge is 0.271 e. The maximum Gasteiger partial charge on any atom is 0.271 e. The molecule has 1 amide bonds. The summed E-state index contributed by atoms with van der Waals surface area (Å²) in [7, 11) is 4.34. The Labute approximate surface area is 160 Å². The number of nitro groups is 1. The summed E-state index contributed by atoms with van der Waals surface area (Å²) in [6.45, 7) is -0.132. The van der Waals surface area contributed by atoms with Crippen LogP contribution < -0.4 is 24.8 Å². The van der Waals surface area contributed by atoms with Gasteiger partial charge in [-0.2, -0.15) is 0 Å². The molecule has 0 spiro atoms. The van der Waals surface area contributed by atoms with Crippen molar-refractivity contribution in [3.8, 4) is 17.2 Å². The number of carbonyl (C=O) groups excluding carboxylic acids is 1. The molecule has 9 nitrogen and oxygen atoms in total. The van der Waals surface area contributed by atoms with Crippen molar-refractivity contribution in [1.82, 2.24) is 0 Å². The van der Waals surface area contributed by atoms with Crippen molar-refractivity contribution in [3.05, 3.63) is 45.5 Å². The fourth-order valence-corrected chi connectivity index (χ4v) is 2.51. The minimum absolute atomic E-state index is 0.132. The largest absolute Gasteiger partial charge is 0.495 e. The van der Waals surface area contributed by atoms with Gasteiger partial charge in [-0.1, -0.05) is 11.6 Å². The monoisotopic (exact) mass is 395 g/mol. The molecule has 0 aliphatic heterocycles. The summed E-state index contributed by atoms with van der Waals surface area (Å²) in [6, 6.07) is 7.08. The van der Waals surface area contributed by atoms with Gasteiger partial charge in [0.1, 0.15) is 17.2 Å². The fourth-order valence-electron chi connectivity index (χ4n) is 2.28. The summed E-state index contributed by atoms with van der Waals surface area (Å²) in [5.74, 6) is 0.715. The summed E-state index contributed by atoms with van der Waals surface area (Å²) < 4.78 is 15.5. The van der Waals surface area contributed by atoms with Gasteiger partial charge in [0.05, 0.1) is 49.2 Å². The Hall–Kier alpha value is -3.20. The van der Waals surface area contributed by atoms with Gasteiger partial charge in [0, 0.05) is 24.3 Å². The first-order valence-corrected chi connectivity index (χ1v) is 8.05. The molecule has 0 saturated heterocycles. The average Bonchev–Trinajstić information content (AvgIpc) is 2.66. The fraction of sp³-hybridized carbons (Fsp3) is 0.235. The SMILES string of the molecule is COc1cc(NCC(=O)Nc2cc([N+](=O)[O-])ccc2OC)c(OC)cc1Cl. The molecule has 144 valence electrons. The van der Waals surface area contributed by atoms with E-state index >= 15 is 0 Å². The Morgan fingerprint density at radius 2 is 1.70 bits per heavy atom. The van der Waals surface area contributed by atoms with Crippen LogP contribution in [0.25, 0.3) is 0 Å². The van der Waals surface area contributed by atoms with Crippen molar-refractivity contribution in [2.24, 2.45) is 0 Å². The lowest BCUT2D eigenvalue weighted by molar-refractivity contribution is -0.384. The van der Waals surface area contributed by atoms with E-state index in [-0.39, 0.29) is 17.9 Å². The molecule has 0 bridgehead atoms. The molecule has 0 fully saturated rings. The Morgan fingerprint density at radius 1 is 1.04 bits per heavy atom. The second-order valence-electron chi connectivity index (χ2n) is 5.23. The number of nitrogens with zero attached hydrogens (tertiary/aromatic N) is 1. The zero-order chi connectivity index (χ0) is 20.0. The summed E-state index contributed by atoms with van der Waals surface area (Å²) in [4.78, 5) is 22.6. The number of hydrogen-bond donors (Lipinski definition) is 2. The van der Waals surface area contributed by atoms with E-state index in [1.54, 1.807) is 12.1 Å². The lowest BCUT2D eigenvalue weighted by Crippen LogP contribution is -2.22. The predicted octanol–water partition coefficient (Wildman–Crippen LogP) is 3.32. The summed E-state index contributed by atoms with van der Waals surface area (Å²) in [5.41, 5.74) is 0.530. The second-order valence-corrected chi connectivity index (χ2v) is 5.64. The Kier molecular flexibility index (Phi) is 6.67. The van der Waals surface area contributed by atoms with Gasteiger partial charge in [-0.25, -0.2) is 0 Å². The van der Waals surface area contributed by atoms with Crippen molar-refractivity contribution in [3.63, 3.8) is 0 Å². The number of carbonyl (C=O) groups is 1. The van der Waals surface area contributed by atoms with Crippen LogP contribution in [0.2, 0.25) is 5.02 Å². The molecule has 2 aromatic rings. The molecule has 27 heavy (non-hydrogen) atoms. The molecule has 0 aromatic heterocycles. The van der Waals surface area contributed by atoms with Gasteiger partial charge in [0.2, 0.25) is 5.91 Å². The minimum Gasteiger partial charge on any atom is -0.495 e. The molecule has 0 radical (unpaired) electrons. The van der Waals surface area contributed by atoms with Crippen LogP contribution >= 0.6 is 11.6 Å². The second kappa shape index (κ2) is 8.95. The van der Waals surface area contributed by atoms with Crippen LogP contribution in [0.1, 0.15) is 0 Å². The highest BCUT2D eigenvalue weighted by atomic mass is 35.5. The van der Waals surface area contributed by atoms with Crippen molar-refractivity contribution >= 4 is 34.6 Å². The first-order valence-electron chi connectivity index (χ1n) is 7.67. The molecule has 0 aliphatic carbocycles. The van der Waals surface area contributed by atoms with Gasteiger partial charge in [-0.15, -0.1) is 0 Å². The number of nitro benzene ring substituents is 1. The van der Waals surface area contributed by atoms with Gasteiger partial charge in [-0.05, 0) is 6.07 Å². The number of nitrogens with one attached hydrogen (secondary N) is 2. The molecule has 0 saturated carbocycles. The lowest BCUT2D eigenvalue weighted by atomic mass is 10.2. The lowest BCUT2D eigenvalue weighted by Gasteiger charge is -2.14. The molecular formula is C17H18ClN3O6. The topological polar surface area (TPSA) is 112 Å². The van der Waals surface area contributed by atoms with Crippen molar-refractivity contribution < 1.29 is 23.9 Å². The van der Waals surface area contributed by atoms with E-state index in [4.69, 9.17) is 25.8 Å². The maximum absolute atomic E-state index is 12.3. The van der Waals surface area contributed by atoms with Crippen LogP contribution in [-0.2, 0) is 4.79 Å². The third-order valence-corrected chi connectivity index (χ3v) is 3.88. The van der Waals surface area contributed by atoms with Crippen molar-refractivity contribution in [1.29, 1.82) is 0 Å². The van der Waals surface area contributed by atoms with E-state index in [0.717, 1.165) is 0 Å². The third-order valence-electron chi connectivity index (χ3n) is 3.58. The van der Waals surface area contributed by atoms with Gasteiger partial charge in [-0.3, -0.25) is 14.9 Å². The van der Waals surface area contributed by atoms with Crippen LogP contribution in [0.4, 0.5) is 17.1 Å². The number of methoxy groups -OCH3 is 3. The van der Waals surface area contributed by atoms with Gasteiger partial charge in [0.25, 0.3) is 5.69 Å². The van der Waals surface area contributed by atoms with E-state index < -0.39 is 10.8 Å². The number of anilines is 2. The summed E-state index contributed by atoms with van der Waals surface area (Å²) in [5, 5.41) is 16.8. The number of hydrogen-bond acceptors (Lipinski definition) is 7. The first kappa shape index (κ1) is 20.1. The van der Waals surface area contributed by atoms with Crippen LogP contribution in [0, 0.1) is 10.1 Å². The zero-order valence-corrected chi connectivity index (χ0v) is 15.6. The molecule has 2 N–H and O–H groups in total. The van der Waals surface area contributed by atoms with Crippen molar-refractivity contribution in [2.75, 3.05) is 38.5 Å². The molecule has 2 rings (SSSR count). The quantitative estimate of drug-likeness (QED) is 0.520. The molecule has 0 heterocycles. The number of non-ortho nitro benzene ring substituents is 1. The molecule has 0 atom stereocenters. The Balaban J connectivity index is 2.13. The van der Waals surface area contributed by atoms with E-state index in [1.807, 2.05) is 0 Å². The van der Waals surface area contributed by atoms with Crippen LogP contribution in [0.5, 0.6) is 17.2 Å². The molecular weight excluding hydrogens is 378 g/mol. The number of rotatable bonds is 8. The predicted molar refractivity (Wildman–Crippen MR) is 101 cm³/mol. The van der Waals surface area contributed by atoms with Crippen molar-refractivity contribution in [2.45, 2.75) is 0 Å². The molecule has 0 aliphatic rings. The van der Waals surface area contributed by atoms with Crippen LogP contribution in [-0.4, -0.2) is 38.7 Å². The number of ether oxygens (including phenoxy) is 3. The molecule has 10 heteroatoms. The minimum atomic E-state index is -0.557. The normalized spacial score (nSPS) is 10.1. The van der Waals surface area contributed by atoms with E-state index in [0.29, 0.717) is 28.0 Å². The maximum atomic E-state index is 12.3. The average molecular weight is 396 g/mol. The van der Waals surface area contributed by atoms with Crippen LogP contribution in [0.3, 0.4) is 0 Å². The summed E-state index contributed by atoms with van der Waals surface area (Å²) in [6.07, 6.45) is 0. The number of benzene rings is 2. The first-order chi connectivity index (χ1) is 12.9. The Bertz CT molecular complexity index is 859. The van der Waals surface area contributed by atoms with Crippen LogP contribution in [0.15, 0.2) is 30.3 Å². The van der Waals surface area contributed by atoms with Gasteiger partial charge >= 0.3 is 0 Å². The third kappa shape index (κ3) is 4.91. The highest BCUT2D eigenvalue weighted by molar-refractivity contribution is 6.32.